The number of alkyl carbamates (subject to hydrolysis) is 2. The molecule has 12 aliphatic rings. The van der Waals surface area contributed by atoms with E-state index in [0.29, 0.717) is 95.5 Å². The molecule has 20 rings (SSSR count). The van der Waals surface area contributed by atoms with Gasteiger partial charge in [0.05, 0.1) is 0 Å². The average molecular weight is 2000 g/mol. The first-order valence-electron chi connectivity index (χ1n) is 46.3. The number of aromatic carboxylic acids is 1. The van der Waals surface area contributed by atoms with E-state index >= 15 is 0 Å². The number of carbonyl (C=O) groups excluding carboxylic acids is 7. The lowest BCUT2D eigenvalue weighted by atomic mass is 9.73. The van der Waals surface area contributed by atoms with Gasteiger partial charge in [0.2, 0.25) is 5.91 Å². The molecule has 0 saturated carbocycles. The molecule has 8 saturated heterocycles. The van der Waals surface area contributed by atoms with Crippen molar-refractivity contribution in [2.24, 2.45) is 27.4 Å². The Balaban J connectivity index is 0.000000138. The van der Waals surface area contributed by atoms with Crippen LogP contribution in [0.3, 0.4) is 0 Å². The summed E-state index contributed by atoms with van der Waals surface area (Å²) in [6.45, 7) is 25.9. The zero-order valence-electron chi connectivity index (χ0n) is 79.8. The van der Waals surface area contributed by atoms with Crippen LogP contribution < -0.4 is 89.7 Å². The van der Waals surface area contributed by atoms with Gasteiger partial charge < -0.3 is 104 Å². The van der Waals surface area contributed by atoms with Crippen LogP contribution in [0.5, 0.6) is 46.0 Å². The number of fused-ring (bicyclic) bond motifs is 4. The molecule has 41 heteroatoms. The number of nitrogens with zero attached hydrogens (tertiary/aromatic N) is 13. The molecule has 6 aromatic heterocycles. The molecule has 18 heterocycles. The molecule has 0 bridgehead atoms. The van der Waals surface area contributed by atoms with Crippen LogP contribution in [0.25, 0.3) is 0 Å². The minimum absolute atomic E-state index is 0. The number of hydrogen-bond acceptors (Lipinski definition) is 31. The number of hydrogen-bond donors (Lipinski definition) is 6. The van der Waals surface area contributed by atoms with Crippen molar-refractivity contribution in [3.63, 3.8) is 0 Å². The Morgan fingerprint density at radius 2 is 0.748 bits per heavy atom. The summed E-state index contributed by atoms with van der Waals surface area (Å²) in [6, 6.07) is 36.2. The summed E-state index contributed by atoms with van der Waals surface area (Å²) >= 11 is 3.26. The van der Waals surface area contributed by atoms with E-state index in [-0.39, 0.29) is 73.9 Å². The summed E-state index contributed by atoms with van der Waals surface area (Å²) in [5, 5.41) is 20.0. The maximum atomic E-state index is 13.3. The number of anilines is 7. The van der Waals surface area contributed by atoms with Crippen LogP contribution >= 0.6 is 28.3 Å². The number of ether oxygens (including phenoxy) is 12. The first-order valence-corrected chi connectivity index (χ1v) is 47.1. The van der Waals surface area contributed by atoms with E-state index in [4.69, 9.17) is 77.7 Å². The Labute approximate surface area is 821 Å². The number of nitrogens with one attached hydrogen (secondary N) is 4. The van der Waals surface area contributed by atoms with E-state index in [1.165, 1.54) is 70.1 Å². The average Bonchev–Trinajstić information content (AvgIpc) is 1.75. The molecule has 39 nitrogen and oxygen atoms in total. The normalized spacial score (nSPS) is 20.9. The number of rotatable bonds is 12. The van der Waals surface area contributed by atoms with Crippen LogP contribution in [-0.2, 0) is 47.6 Å². The van der Waals surface area contributed by atoms with Gasteiger partial charge in [-0.15, -0.1) is 12.4 Å². The van der Waals surface area contributed by atoms with E-state index in [0.717, 1.165) is 148 Å². The minimum Gasteiger partial charge on any atom is -0.488 e. The van der Waals surface area contributed by atoms with Crippen LogP contribution in [-0.4, -0.2) is 278 Å². The van der Waals surface area contributed by atoms with Crippen LogP contribution in [0.2, 0.25) is 0 Å². The summed E-state index contributed by atoms with van der Waals surface area (Å²) < 4.78 is 66.9. The molecule has 8 aromatic rings. The van der Waals surface area contributed by atoms with Crippen molar-refractivity contribution in [1.82, 2.24) is 51.2 Å². The second kappa shape index (κ2) is 44.7. The summed E-state index contributed by atoms with van der Waals surface area (Å²) in [7, 11) is 6.57. The number of carboxylic acids is 1. The Morgan fingerprint density at radius 1 is 0.424 bits per heavy atom. The van der Waals surface area contributed by atoms with Gasteiger partial charge in [0.25, 0.3) is 23.6 Å². The number of nitrogens with two attached hydrogens (primary N) is 1. The number of aromatic nitrogens is 6. The summed E-state index contributed by atoms with van der Waals surface area (Å²) in [6.07, 6.45) is 10.6. The summed E-state index contributed by atoms with van der Waals surface area (Å²) in [5.41, 5.74) is 6.30. The number of benzene rings is 2. The highest BCUT2D eigenvalue weighted by Crippen LogP contribution is 2.47. The molecule has 139 heavy (non-hydrogen) atoms. The van der Waals surface area contributed by atoms with E-state index in [1.54, 1.807) is 106 Å². The summed E-state index contributed by atoms with van der Waals surface area (Å²) in [5.74, 6) is 6.02. The van der Waals surface area contributed by atoms with E-state index < -0.39 is 59.4 Å². The van der Waals surface area contributed by atoms with E-state index in [2.05, 4.69) is 71.8 Å². The predicted octanol–water partition coefficient (Wildman–Crippen LogP) is 10.8. The van der Waals surface area contributed by atoms with Gasteiger partial charge in [0.15, 0.2) is 52.0 Å². The van der Waals surface area contributed by atoms with Gasteiger partial charge in [0.1, 0.15) is 113 Å². The molecule has 4 spiro atoms. The molecule has 0 aliphatic carbocycles. The highest BCUT2D eigenvalue weighted by Gasteiger charge is 2.49. The van der Waals surface area contributed by atoms with Gasteiger partial charge in [-0.2, -0.15) is 0 Å². The lowest BCUT2D eigenvalue weighted by molar-refractivity contribution is -0.121. The number of carbonyl (C=O) groups is 8. The van der Waals surface area contributed by atoms with Gasteiger partial charge in [-0.1, -0.05) is 36.4 Å². The number of amides is 7. The standard InChI is InChI=1S/C28H29N5O5.C21H30N4O5.C16H22N4O3.C14H18BrN3O4.C12H9NO3.C7H13NO.ClH/c1-32-25-23(7-8-24(31-25)33-17-28(18-33)10-13-36-14-11-28)37-16-22(27(32)35)30-26(34)21-15-20(9-12-29-21)38-19-5-3-2-4-6-19;1-20(2,3)30-19(27)22-14-11-29-15-5-6-16(23-17(15)24(4)18(14)26)25-12-21(13-25)7-9-28-10-8-21;1-19-14-12(23-8-11(17)15(19)21)2-3-13(18-14)20-9-16(10-20)4-6-22-7-5-16;1-14(2,3)22-13(20)16-8-7-21-9-5-6-10(15)17-11(9)18(4)12(8)19;14-12(15)11-8-10(6-7-13-11)16-9-4-2-1-3-5-9;1-3-9-4-2-7(1)5-8-6-7;/h2-9,12,15,22H,10-11,13-14,16-18H2,1H3,(H,30,34);5-6,14H,7-13H2,1-4H3,(H,22,27);2-3,11H,4-10,17H2,1H3;5-6,8H,7H2,1-4H3,(H,16,20);1-8H,(H,14,15);8H,1-6H2;1H/t22-;14-;11-;8-;;;/m0000.../s1. The lowest BCUT2D eigenvalue weighted by Gasteiger charge is -2.52. The fourth-order valence-electron chi connectivity index (χ4n) is 17.6. The third-order valence-electron chi connectivity index (χ3n) is 25.6. The number of halogens is 2. The number of pyridine rings is 6. The van der Waals surface area contributed by atoms with Crippen molar-refractivity contribution in [1.29, 1.82) is 0 Å². The van der Waals surface area contributed by atoms with E-state index in [9.17, 15) is 38.4 Å². The molecule has 744 valence electrons. The van der Waals surface area contributed by atoms with Gasteiger partial charge >= 0.3 is 18.2 Å². The van der Waals surface area contributed by atoms with E-state index in [1.807, 2.05) is 84.9 Å². The van der Waals surface area contributed by atoms with Crippen LogP contribution in [0.1, 0.15) is 114 Å². The quantitative estimate of drug-likeness (QED) is 0.0619. The molecule has 4 atom stereocenters. The predicted molar refractivity (Wildman–Crippen MR) is 521 cm³/mol. The SMILES string of the molecule is C1CC2(CCO1)CNC2.CN1C(=O)[C@@H](N)COc2ccc(N3CC4(CCOCC4)C3)nc21.CN1C(=O)[C@@H](NC(=O)OC(C)(C)C)COc2ccc(Br)nc21.CN1C(=O)[C@@H](NC(=O)OC(C)(C)C)COc2ccc(N3CC4(CCOCC4)C3)nc21.CN1C(=O)[C@@H](NC(=O)c2cc(Oc3ccccc3)ccn2)COc2ccc(N3CC4(CCOCC4)C3)nc21.Cl.O=C(O)c1cc(Oc2ccccc2)ccn1. The number of likely N-dealkylation sites (N-methyl/N-ethyl adjacent to an activating group) is 4. The molecule has 8 fully saturated rings. The number of carboxylic acid groups (broad SMARTS) is 1. The smallest absolute Gasteiger partial charge is 0.408 e. The Bertz CT molecular complexity index is 5640. The lowest BCUT2D eigenvalue weighted by Crippen LogP contribution is -2.58. The molecular formula is C98H122BrClN18O21. The first-order chi connectivity index (χ1) is 66.1. The van der Waals surface area contributed by atoms with Crippen molar-refractivity contribution in [2.45, 2.75) is 128 Å². The summed E-state index contributed by atoms with van der Waals surface area (Å²) in [4.78, 5) is 137. The third-order valence-corrected chi connectivity index (χ3v) is 26.1. The fourth-order valence-corrected chi connectivity index (χ4v) is 17.9. The highest BCUT2D eigenvalue weighted by molar-refractivity contribution is 9.10. The molecule has 2 aromatic carbocycles. The van der Waals surface area contributed by atoms with Gasteiger partial charge in [-0.3, -0.25) is 48.6 Å². The zero-order chi connectivity index (χ0) is 97.7. The largest absolute Gasteiger partial charge is 0.488 e. The second-order valence-electron chi connectivity index (χ2n) is 38.3. The molecule has 7 amide bonds. The van der Waals surface area contributed by atoms with Crippen LogP contribution in [0.15, 0.2) is 150 Å². The van der Waals surface area contributed by atoms with Crippen molar-refractivity contribution in [3.8, 4) is 46.0 Å². The van der Waals surface area contributed by atoms with Gasteiger partial charge in [0, 0.05) is 174 Å². The molecule has 0 unspecified atom stereocenters. The van der Waals surface area contributed by atoms with Crippen LogP contribution in [0, 0.1) is 21.7 Å². The molecule has 12 aliphatic heterocycles. The third kappa shape index (κ3) is 25.9. The van der Waals surface area contributed by atoms with Gasteiger partial charge in [-0.05, 0) is 199 Å². The molecular weight excluding hydrogens is 1880 g/mol. The Hall–Kier alpha value is -12.6. The highest BCUT2D eigenvalue weighted by atomic mass is 79.9. The Kier molecular flexibility index (Phi) is 32.9. The van der Waals surface area contributed by atoms with Crippen molar-refractivity contribution in [2.75, 3.05) is 194 Å². The first kappa shape index (κ1) is 102. The van der Waals surface area contributed by atoms with Crippen molar-refractivity contribution in [3.05, 3.63) is 162 Å². The maximum Gasteiger partial charge on any atom is 0.408 e. The minimum atomic E-state index is -1.07. The maximum absolute atomic E-state index is 13.3. The topological polar surface area (TPSA) is 442 Å². The fraction of sp³-hybridized carbons (Fsp3) is 0.490. The van der Waals surface area contributed by atoms with Crippen molar-refractivity contribution >= 4 is 117 Å². The van der Waals surface area contributed by atoms with Crippen molar-refractivity contribution < 1.29 is 100 Å². The Morgan fingerprint density at radius 3 is 1.09 bits per heavy atom. The molecule has 7 N–H and O–H groups in total. The molecule has 0 radical (unpaired) electrons. The van der Waals surface area contributed by atoms with Crippen LogP contribution in [0.4, 0.5) is 50.3 Å². The second-order valence-corrected chi connectivity index (χ2v) is 39.1. The number of para-hydroxylation sites is 2. The van der Waals surface area contributed by atoms with Gasteiger partial charge in [-0.25, -0.2) is 39.3 Å². The monoisotopic (exact) mass is 2000 g/mol. The zero-order valence-corrected chi connectivity index (χ0v) is 82.2.